The monoisotopic (exact) mass is 187 g/mol. The minimum Gasteiger partial charge on any atom is -0.394 e. The van der Waals surface area contributed by atoms with Crippen LogP contribution in [0.25, 0.3) is 0 Å². The lowest BCUT2D eigenvalue weighted by molar-refractivity contribution is -0.0121. The van der Waals surface area contributed by atoms with Crippen LogP contribution in [-0.2, 0) is 4.74 Å². The Hall–Kier alpha value is -0.120. The van der Waals surface area contributed by atoms with Crippen molar-refractivity contribution >= 4 is 0 Å². The van der Waals surface area contributed by atoms with Crippen molar-refractivity contribution in [3.05, 3.63) is 0 Å². The SMILES string of the molecule is CCC(C)NC1(CO)CCCOC1. The molecular formula is C10H21NO2. The van der Waals surface area contributed by atoms with Gasteiger partial charge in [-0.25, -0.2) is 0 Å². The number of aliphatic hydroxyl groups is 1. The summed E-state index contributed by atoms with van der Waals surface area (Å²) in [5.41, 5.74) is -0.173. The number of rotatable bonds is 4. The summed E-state index contributed by atoms with van der Waals surface area (Å²) in [6.07, 6.45) is 3.15. The van der Waals surface area contributed by atoms with E-state index in [1.807, 2.05) is 0 Å². The first-order chi connectivity index (χ1) is 6.22. The van der Waals surface area contributed by atoms with Crippen LogP contribution in [0.3, 0.4) is 0 Å². The molecule has 1 saturated heterocycles. The predicted octanol–water partition coefficient (Wildman–Crippen LogP) is 0.916. The van der Waals surface area contributed by atoms with Gasteiger partial charge in [-0.1, -0.05) is 6.92 Å². The van der Waals surface area contributed by atoms with Crippen LogP contribution >= 0.6 is 0 Å². The van der Waals surface area contributed by atoms with Gasteiger partial charge in [0, 0.05) is 12.6 Å². The van der Waals surface area contributed by atoms with Crippen LogP contribution in [0.15, 0.2) is 0 Å². The smallest absolute Gasteiger partial charge is 0.0670 e. The van der Waals surface area contributed by atoms with Gasteiger partial charge in [0.15, 0.2) is 0 Å². The molecule has 1 aliphatic heterocycles. The van der Waals surface area contributed by atoms with Gasteiger partial charge in [-0.3, -0.25) is 0 Å². The molecular weight excluding hydrogens is 166 g/mol. The van der Waals surface area contributed by atoms with Crippen molar-refractivity contribution in [2.45, 2.75) is 44.7 Å². The van der Waals surface area contributed by atoms with Crippen LogP contribution in [0.4, 0.5) is 0 Å². The minimum atomic E-state index is -0.173. The standard InChI is InChI=1S/C10H21NO2/c1-3-9(2)11-10(7-12)5-4-6-13-8-10/h9,11-12H,3-8H2,1-2H3. The molecule has 0 spiro atoms. The molecule has 2 atom stereocenters. The van der Waals surface area contributed by atoms with Crippen molar-refractivity contribution in [1.29, 1.82) is 0 Å². The lowest BCUT2D eigenvalue weighted by Crippen LogP contribution is -2.57. The average molecular weight is 187 g/mol. The Morgan fingerprint density at radius 2 is 2.38 bits per heavy atom. The zero-order chi connectivity index (χ0) is 9.73. The van der Waals surface area contributed by atoms with E-state index in [0.29, 0.717) is 12.6 Å². The van der Waals surface area contributed by atoms with E-state index >= 15 is 0 Å². The van der Waals surface area contributed by atoms with Crippen molar-refractivity contribution in [2.75, 3.05) is 19.8 Å². The topological polar surface area (TPSA) is 41.5 Å². The van der Waals surface area contributed by atoms with Gasteiger partial charge >= 0.3 is 0 Å². The van der Waals surface area contributed by atoms with E-state index in [1.165, 1.54) is 0 Å². The first kappa shape index (κ1) is 11.0. The molecule has 1 heterocycles. The Morgan fingerprint density at radius 1 is 1.62 bits per heavy atom. The number of hydrogen-bond donors (Lipinski definition) is 2. The normalized spacial score (nSPS) is 31.6. The predicted molar refractivity (Wildman–Crippen MR) is 52.8 cm³/mol. The van der Waals surface area contributed by atoms with Gasteiger partial charge in [-0.15, -0.1) is 0 Å². The summed E-state index contributed by atoms with van der Waals surface area (Å²) in [5, 5.41) is 12.8. The molecule has 1 rings (SSSR count). The molecule has 0 aromatic heterocycles. The van der Waals surface area contributed by atoms with Gasteiger partial charge in [0.25, 0.3) is 0 Å². The second kappa shape index (κ2) is 4.94. The van der Waals surface area contributed by atoms with Gasteiger partial charge < -0.3 is 15.2 Å². The quantitative estimate of drug-likeness (QED) is 0.687. The summed E-state index contributed by atoms with van der Waals surface area (Å²) in [4.78, 5) is 0. The van der Waals surface area contributed by atoms with Crippen molar-refractivity contribution in [3.8, 4) is 0 Å². The van der Waals surface area contributed by atoms with Crippen molar-refractivity contribution in [1.82, 2.24) is 5.32 Å². The fourth-order valence-electron chi connectivity index (χ4n) is 1.76. The zero-order valence-corrected chi connectivity index (χ0v) is 8.68. The second-order valence-electron chi connectivity index (χ2n) is 4.05. The lowest BCUT2D eigenvalue weighted by atomic mass is 9.92. The van der Waals surface area contributed by atoms with Crippen molar-refractivity contribution in [3.63, 3.8) is 0 Å². The number of aliphatic hydroxyl groups excluding tert-OH is 1. The van der Waals surface area contributed by atoms with Crippen LogP contribution in [0.5, 0.6) is 0 Å². The van der Waals surface area contributed by atoms with E-state index in [4.69, 9.17) is 4.74 Å². The highest BCUT2D eigenvalue weighted by atomic mass is 16.5. The largest absolute Gasteiger partial charge is 0.394 e. The van der Waals surface area contributed by atoms with Crippen molar-refractivity contribution in [2.24, 2.45) is 0 Å². The maximum absolute atomic E-state index is 9.34. The zero-order valence-electron chi connectivity index (χ0n) is 8.68. The summed E-state index contributed by atoms with van der Waals surface area (Å²) >= 11 is 0. The van der Waals surface area contributed by atoms with E-state index in [9.17, 15) is 5.11 Å². The number of ether oxygens (including phenoxy) is 1. The van der Waals surface area contributed by atoms with E-state index in [1.54, 1.807) is 0 Å². The molecule has 2 unspecified atom stereocenters. The maximum atomic E-state index is 9.34. The summed E-state index contributed by atoms with van der Waals surface area (Å²) < 4.78 is 5.40. The third kappa shape index (κ3) is 2.93. The van der Waals surface area contributed by atoms with Crippen LogP contribution in [0.2, 0.25) is 0 Å². The molecule has 0 bridgehead atoms. The molecule has 0 aromatic rings. The Morgan fingerprint density at radius 3 is 2.85 bits per heavy atom. The molecule has 0 aromatic carbocycles. The summed E-state index contributed by atoms with van der Waals surface area (Å²) in [7, 11) is 0. The van der Waals surface area contributed by atoms with Crippen LogP contribution in [-0.4, -0.2) is 36.5 Å². The van der Waals surface area contributed by atoms with Gasteiger partial charge in [-0.05, 0) is 26.2 Å². The Bertz CT molecular complexity index is 144. The summed E-state index contributed by atoms with van der Waals surface area (Å²) in [5.74, 6) is 0. The second-order valence-corrected chi connectivity index (χ2v) is 4.05. The molecule has 0 radical (unpaired) electrons. The number of hydrogen-bond acceptors (Lipinski definition) is 3. The van der Waals surface area contributed by atoms with Gasteiger partial charge in [-0.2, -0.15) is 0 Å². The van der Waals surface area contributed by atoms with E-state index < -0.39 is 0 Å². The highest BCUT2D eigenvalue weighted by molar-refractivity contribution is 4.91. The first-order valence-corrected chi connectivity index (χ1v) is 5.19. The average Bonchev–Trinajstić information content (AvgIpc) is 2.19. The number of nitrogens with one attached hydrogen (secondary N) is 1. The molecule has 0 amide bonds. The van der Waals surface area contributed by atoms with Crippen LogP contribution < -0.4 is 5.32 Å². The molecule has 3 heteroatoms. The van der Waals surface area contributed by atoms with E-state index in [0.717, 1.165) is 25.9 Å². The molecule has 0 saturated carbocycles. The Balaban J connectivity index is 2.47. The molecule has 1 fully saturated rings. The summed E-state index contributed by atoms with van der Waals surface area (Å²) in [6.45, 7) is 5.95. The highest BCUT2D eigenvalue weighted by Gasteiger charge is 2.32. The fourth-order valence-corrected chi connectivity index (χ4v) is 1.76. The fraction of sp³-hybridized carbons (Fsp3) is 1.00. The van der Waals surface area contributed by atoms with Gasteiger partial charge in [0.2, 0.25) is 0 Å². The van der Waals surface area contributed by atoms with Crippen LogP contribution in [0, 0.1) is 0 Å². The minimum absolute atomic E-state index is 0.173. The third-order valence-electron chi connectivity index (χ3n) is 2.79. The maximum Gasteiger partial charge on any atom is 0.0670 e. The molecule has 1 aliphatic rings. The lowest BCUT2D eigenvalue weighted by Gasteiger charge is -2.38. The Kier molecular flexibility index (Phi) is 4.16. The van der Waals surface area contributed by atoms with Crippen LogP contribution in [0.1, 0.15) is 33.1 Å². The molecule has 3 nitrogen and oxygen atoms in total. The molecule has 78 valence electrons. The first-order valence-electron chi connectivity index (χ1n) is 5.19. The van der Waals surface area contributed by atoms with Gasteiger partial charge in [0.05, 0.1) is 18.8 Å². The van der Waals surface area contributed by atoms with Gasteiger partial charge in [0.1, 0.15) is 0 Å². The molecule has 2 N–H and O–H groups in total. The highest BCUT2D eigenvalue weighted by Crippen LogP contribution is 2.19. The molecule has 0 aliphatic carbocycles. The van der Waals surface area contributed by atoms with E-state index in [-0.39, 0.29) is 12.1 Å². The third-order valence-corrected chi connectivity index (χ3v) is 2.79. The van der Waals surface area contributed by atoms with Crippen molar-refractivity contribution < 1.29 is 9.84 Å². The Labute approximate surface area is 80.5 Å². The van der Waals surface area contributed by atoms with E-state index in [2.05, 4.69) is 19.2 Å². The molecule has 13 heavy (non-hydrogen) atoms. The summed E-state index contributed by atoms with van der Waals surface area (Å²) in [6, 6.07) is 0.453.